The molecule has 0 bridgehead atoms. The van der Waals surface area contributed by atoms with Crippen LogP contribution in [0, 0.1) is 6.92 Å². The summed E-state index contributed by atoms with van der Waals surface area (Å²) < 4.78 is 1.84. The highest BCUT2D eigenvalue weighted by Gasteiger charge is 2.10. The number of nitrogens with one attached hydrogen (secondary N) is 1. The van der Waals surface area contributed by atoms with Crippen molar-refractivity contribution < 1.29 is 0 Å². The second kappa shape index (κ2) is 5.35. The quantitative estimate of drug-likeness (QED) is 0.927. The van der Waals surface area contributed by atoms with Crippen LogP contribution in [0.5, 0.6) is 0 Å². The van der Waals surface area contributed by atoms with Gasteiger partial charge in [0.05, 0.1) is 11.9 Å². The largest absolute Gasteiger partial charge is 0.308 e. The summed E-state index contributed by atoms with van der Waals surface area (Å²) in [5.74, 6) is 0. The molecular weight excluding hydrogens is 258 g/mol. The highest BCUT2D eigenvalue weighted by molar-refractivity contribution is 6.31. The molecule has 4 heteroatoms. The lowest BCUT2D eigenvalue weighted by atomic mass is 10.1. The first-order chi connectivity index (χ1) is 8.85. The van der Waals surface area contributed by atoms with E-state index in [1.54, 1.807) is 0 Å². The summed E-state index contributed by atoms with van der Waals surface area (Å²) in [6.45, 7) is 9.21. The molecule has 102 valence electrons. The third-order valence-corrected chi connectivity index (χ3v) is 3.17. The Hall–Kier alpha value is -1.32. The van der Waals surface area contributed by atoms with Gasteiger partial charge in [-0.1, -0.05) is 17.7 Å². The first-order valence-corrected chi connectivity index (χ1v) is 6.78. The van der Waals surface area contributed by atoms with Crippen LogP contribution < -0.4 is 5.32 Å². The molecule has 0 radical (unpaired) electrons. The maximum Gasteiger partial charge on any atom is 0.0660 e. The fourth-order valence-electron chi connectivity index (χ4n) is 1.74. The van der Waals surface area contributed by atoms with Crippen molar-refractivity contribution in [1.29, 1.82) is 0 Å². The third kappa shape index (κ3) is 3.82. The fraction of sp³-hybridized carbons (Fsp3) is 0.400. The predicted octanol–water partition coefficient (Wildman–Crippen LogP) is 3.72. The smallest absolute Gasteiger partial charge is 0.0660 e. The lowest BCUT2D eigenvalue weighted by Gasteiger charge is -2.21. The number of nitrogens with zero attached hydrogens (tertiary/aromatic N) is 2. The van der Waals surface area contributed by atoms with Crippen LogP contribution in [0.2, 0.25) is 5.02 Å². The average Bonchev–Trinajstić information content (AvgIpc) is 2.73. The number of hydrogen-bond donors (Lipinski definition) is 1. The number of halogens is 1. The summed E-state index contributed by atoms with van der Waals surface area (Å²) >= 11 is 6.33. The van der Waals surface area contributed by atoms with Crippen LogP contribution in [-0.4, -0.2) is 15.3 Å². The van der Waals surface area contributed by atoms with E-state index in [2.05, 4.69) is 31.2 Å². The summed E-state index contributed by atoms with van der Waals surface area (Å²) in [6.07, 6.45) is 3.82. The van der Waals surface area contributed by atoms with Crippen molar-refractivity contribution in [2.75, 3.05) is 0 Å². The van der Waals surface area contributed by atoms with Crippen LogP contribution >= 0.6 is 11.6 Å². The second-order valence-corrected chi connectivity index (χ2v) is 6.25. The Kier molecular flexibility index (Phi) is 3.97. The highest BCUT2D eigenvalue weighted by Crippen LogP contribution is 2.21. The summed E-state index contributed by atoms with van der Waals surface area (Å²) in [6, 6.07) is 6.04. The summed E-state index contributed by atoms with van der Waals surface area (Å²) in [7, 11) is 0. The molecule has 0 fully saturated rings. The van der Waals surface area contributed by atoms with Crippen molar-refractivity contribution >= 4 is 11.6 Å². The van der Waals surface area contributed by atoms with Gasteiger partial charge in [0.2, 0.25) is 0 Å². The van der Waals surface area contributed by atoms with E-state index in [4.69, 9.17) is 11.6 Å². The fourth-order valence-corrected chi connectivity index (χ4v) is 1.98. The molecule has 2 aromatic rings. The van der Waals surface area contributed by atoms with E-state index in [1.165, 1.54) is 0 Å². The average molecular weight is 278 g/mol. The van der Waals surface area contributed by atoms with E-state index in [0.717, 1.165) is 28.4 Å². The van der Waals surface area contributed by atoms with Crippen LogP contribution in [0.3, 0.4) is 0 Å². The SMILES string of the molecule is Cc1cnn(-c2ccc(CNC(C)(C)C)c(Cl)c2)c1. The van der Waals surface area contributed by atoms with E-state index in [-0.39, 0.29) is 5.54 Å². The molecule has 0 saturated heterocycles. The van der Waals surface area contributed by atoms with Crippen LogP contribution in [-0.2, 0) is 6.54 Å². The van der Waals surface area contributed by atoms with E-state index >= 15 is 0 Å². The Labute approximate surface area is 119 Å². The number of aromatic nitrogens is 2. The number of rotatable bonds is 3. The molecule has 0 atom stereocenters. The number of benzene rings is 1. The van der Waals surface area contributed by atoms with Gasteiger partial charge in [-0.15, -0.1) is 0 Å². The molecule has 0 aliphatic heterocycles. The maximum absolute atomic E-state index is 6.33. The molecule has 0 aliphatic carbocycles. The molecule has 0 unspecified atom stereocenters. The molecule has 0 amide bonds. The monoisotopic (exact) mass is 277 g/mol. The number of aryl methyl sites for hydroxylation is 1. The minimum absolute atomic E-state index is 0.0844. The van der Waals surface area contributed by atoms with E-state index in [9.17, 15) is 0 Å². The molecule has 19 heavy (non-hydrogen) atoms. The minimum Gasteiger partial charge on any atom is -0.308 e. The maximum atomic E-state index is 6.33. The molecule has 1 aromatic carbocycles. The lowest BCUT2D eigenvalue weighted by Crippen LogP contribution is -2.35. The summed E-state index contributed by atoms with van der Waals surface area (Å²) in [5, 5.41) is 8.49. The van der Waals surface area contributed by atoms with Crippen molar-refractivity contribution in [1.82, 2.24) is 15.1 Å². The van der Waals surface area contributed by atoms with Crippen molar-refractivity contribution in [3.05, 3.63) is 46.7 Å². The third-order valence-electron chi connectivity index (χ3n) is 2.82. The number of hydrogen-bond acceptors (Lipinski definition) is 2. The normalized spacial score (nSPS) is 11.8. The topological polar surface area (TPSA) is 29.9 Å². The summed E-state index contributed by atoms with van der Waals surface area (Å²) in [5.41, 5.74) is 3.30. The van der Waals surface area contributed by atoms with Crippen molar-refractivity contribution in [2.45, 2.75) is 39.8 Å². The molecular formula is C15H20ClN3. The first kappa shape index (κ1) is 14.1. The molecule has 0 saturated carbocycles. The Morgan fingerprint density at radius 3 is 2.58 bits per heavy atom. The molecule has 2 rings (SSSR count). The molecule has 1 heterocycles. The second-order valence-electron chi connectivity index (χ2n) is 5.84. The first-order valence-electron chi connectivity index (χ1n) is 6.40. The van der Waals surface area contributed by atoms with Gasteiger partial charge in [0.1, 0.15) is 0 Å². The highest BCUT2D eigenvalue weighted by atomic mass is 35.5. The van der Waals surface area contributed by atoms with Gasteiger partial charge in [-0.05, 0) is 51.0 Å². The van der Waals surface area contributed by atoms with E-state index < -0.39 is 0 Å². The van der Waals surface area contributed by atoms with Gasteiger partial charge < -0.3 is 5.32 Å². The van der Waals surface area contributed by atoms with Crippen molar-refractivity contribution in [2.24, 2.45) is 0 Å². The van der Waals surface area contributed by atoms with Crippen LogP contribution in [0.4, 0.5) is 0 Å². The molecule has 0 spiro atoms. The van der Waals surface area contributed by atoms with Crippen LogP contribution in [0.25, 0.3) is 5.69 Å². The Morgan fingerprint density at radius 1 is 1.32 bits per heavy atom. The lowest BCUT2D eigenvalue weighted by molar-refractivity contribution is 0.424. The zero-order valence-corrected chi connectivity index (χ0v) is 12.6. The Bertz CT molecular complexity index is 567. The van der Waals surface area contributed by atoms with Gasteiger partial charge in [0, 0.05) is 23.3 Å². The standard InChI is InChI=1S/C15H20ClN3/c1-11-8-18-19(10-11)13-6-5-12(14(16)7-13)9-17-15(2,3)4/h5-8,10,17H,9H2,1-4H3. The van der Waals surface area contributed by atoms with Crippen molar-refractivity contribution in [3.63, 3.8) is 0 Å². The Balaban J connectivity index is 2.18. The zero-order valence-electron chi connectivity index (χ0n) is 11.9. The molecule has 1 aromatic heterocycles. The van der Waals surface area contributed by atoms with Gasteiger partial charge in [-0.3, -0.25) is 0 Å². The Morgan fingerprint density at radius 2 is 2.05 bits per heavy atom. The molecule has 3 nitrogen and oxygen atoms in total. The van der Waals surface area contributed by atoms with E-state index in [0.29, 0.717) is 0 Å². The summed E-state index contributed by atoms with van der Waals surface area (Å²) in [4.78, 5) is 0. The van der Waals surface area contributed by atoms with Gasteiger partial charge in [-0.2, -0.15) is 5.10 Å². The van der Waals surface area contributed by atoms with Crippen LogP contribution in [0.1, 0.15) is 31.9 Å². The molecule has 1 N–H and O–H groups in total. The zero-order chi connectivity index (χ0) is 14.0. The van der Waals surface area contributed by atoms with Gasteiger partial charge in [-0.25, -0.2) is 4.68 Å². The van der Waals surface area contributed by atoms with Gasteiger partial charge in [0.25, 0.3) is 0 Å². The van der Waals surface area contributed by atoms with Gasteiger partial charge >= 0.3 is 0 Å². The minimum atomic E-state index is 0.0844. The van der Waals surface area contributed by atoms with Gasteiger partial charge in [0.15, 0.2) is 0 Å². The van der Waals surface area contributed by atoms with E-state index in [1.807, 2.05) is 42.2 Å². The molecule has 0 aliphatic rings. The van der Waals surface area contributed by atoms with Crippen LogP contribution in [0.15, 0.2) is 30.6 Å². The predicted molar refractivity (Wildman–Crippen MR) is 79.9 cm³/mol. The van der Waals surface area contributed by atoms with Crippen molar-refractivity contribution in [3.8, 4) is 5.69 Å².